The second-order valence-electron chi connectivity index (χ2n) is 6.02. The summed E-state index contributed by atoms with van der Waals surface area (Å²) < 4.78 is 0. The van der Waals surface area contributed by atoms with Gasteiger partial charge < -0.3 is 5.11 Å². The lowest BCUT2D eigenvalue weighted by molar-refractivity contribution is -0.142. The first-order valence-corrected chi connectivity index (χ1v) is 7.00. The van der Waals surface area contributed by atoms with E-state index in [2.05, 4.69) is 9.97 Å². The molecule has 0 unspecified atom stereocenters. The van der Waals surface area contributed by atoms with Crippen molar-refractivity contribution in [3.05, 3.63) is 23.3 Å². The Balaban J connectivity index is 2.36. The lowest BCUT2D eigenvalue weighted by atomic mass is 9.86. The van der Waals surface area contributed by atoms with E-state index in [-0.39, 0.29) is 0 Å². The highest BCUT2D eigenvalue weighted by Gasteiger charge is 2.33. The molecule has 0 amide bonds. The van der Waals surface area contributed by atoms with Crippen molar-refractivity contribution in [2.24, 2.45) is 0 Å². The Morgan fingerprint density at radius 1 is 1.26 bits per heavy atom. The van der Waals surface area contributed by atoms with Gasteiger partial charge in [-0.1, -0.05) is 19.3 Å². The monoisotopic (exact) mass is 262 g/mol. The van der Waals surface area contributed by atoms with Gasteiger partial charge in [-0.3, -0.25) is 4.79 Å². The number of aliphatic carboxylic acids is 1. The lowest BCUT2D eigenvalue weighted by Crippen LogP contribution is -2.31. The van der Waals surface area contributed by atoms with E-state index < -0.39 is 11.4 Å². The molecule has 4 heteroatoms. The molecule has 1 saturated carbocycles. The number of carboxylic acid groups (broad SMARTS) is 1. The number of aromatic nitrogens is 2. The summed E-state index contributed by atoms with van der Waals surface area (Å²) in [6.45, 7) is 5.24. The molecule has 0 spiro atoms. The first kappa shape index (κ1) is 14.0. The van der Waals surface area contributed by atoms with Crippen LogP contribution in [-0.2, 0) is 10.2 Å². The Morgan fingerprint density at radius 2 is 1.89 bits per heavy atom. The Labute approximate surface area is 114 Å². The summed E-state index contributed by atoms with van der Waals surface area (Å²) >= 11 is 0. The SMILES string of the molecule is Cc1cc(C2CCCCC2)nc(C(C)(C)C(=O)O)n1. The Morgan fingerprint density at radius 3 is 2.47 bits per heavy atom. The maximum absolute atomic E-state index is 11.3. The number of aryl methyl sites for hydroxylation is 1. The van der Waals surface area contributed by atoms with Crippen LogP contribution < -0.4 is 0 Å². The van der Waals surface area contributed by atoms with E-state index in [1.54, 1.807) is 13.8 Å². The van der Waals surface area contributed by atoms with Crippen molar-refractivity contribution in [2.75, 3.05) is 0 Å². The van der Waals surface area contributed by atoms with E-state index >= 15 is 0 Å². The number of nitrogens with zero attached hydrogens (tertiary/aromatic N) is 2. The van der Waals surface area contributed by atoms with Gasteiger partial charge in [0.15, 0.2) is 0 Å². The number of rotatable bonds is 3. The second-order valence-corrected chi connectivity index (χ2v) is 6.02. The molecular weight excluding hydrogens is 240 g/mol. The molecule has 1 fully saturated rings. The minimum atomic E-state index is -1.03. The number of hydrogen-bond acceptors (Lipinski definition) is 3. The molecule has 1 aromatic heterocycles. The fraction of sp³-hybridized carbons (Fsp3) is 0.667. The van der Waals surface area contributed by atoms with Gasteiger partial charge >= 0.3 is 5.97 Å². The van der Waals surface area contributed by atoms with Crippen LogP contribution in [0.15, 0.2) is 6.07 Å². The van der Waals surface area contributed by atoms with Gasteiger partial charge in [-0.15, -0.1) is 0 Å². The molecule has 1 N–H and O–H groups in total. The molecule has 0 atom stereocenters. The van der Waals surface area contributed by atoms with Gasteiger partial charge in [0, 0.05) is 17.3 Å². The van der Waals surface area contributed by atoms with E-state index in [1.807, 2.05) is 13.0 Å². The first-order chi connectivity index (χ1) is 8.91. The summed E-state index contributed by atoms with van der Waals surface area (Å²) in [5, 5.41) is 9.31. The molecule has 0 bridgehead atoms. The molecule has 19 heavy (non-hydrogen) atoms. The largest absolute Gasteiger partial charge is 0.481 e. The molecule has 1 aliphatic carbocycles. The zero-order chi connectivity index (χ0) is 14.0. The van der Waals surface area contributed by atoms with Gasteiger partial charge in [-0.25, -0.2) is 9.97 Å². The van der Waals surface area contributed by atoms with Crippen molar-refractivity contribution in [2.45, 2.75) is 64.2 Å². The second kappa shape index (κ2) is 5.27. The summed E-state index contributed by atoms with van der Waals surface area (Å²) in [6, 6.07) is 2.01. The molecule has 104 valence electrons. The summed E-state index contributed by atoms with van der Waals surface area (Å²) in [5.74, 6) is 0.0204. The minimum Gasteiger partial charge on any atom is -0.481 e. The van der Waals surface area contributed by atoms with Crippen LogP contribution in [0.25, 0.3) is 0 Å². The van der Waals surface area contributed by atoms with Gasteiger partial charge in [0.25, 0.3) is 0 Å². The third-order valence-corrected chi connectivity index (χ3v) is 3.99. The standard InChI is InChI=1S/C15H22N2O2/c1-10-9-12(11-7-5-4-6-8-11)17-13(16-10)15(2,3)14(18)19/h9,11H,4-8H2,1-3H3,(H,18,19). The summed E-state index contributed by atoms with van der Waals surface area (Å²) in [4.78, 5) is 20.2. The molecule has 1 heterocycles. The first-order valence-electron chi connectivity index (χ1n) is 7.00. The molecule has 0 saturated heterocycles. The minimum absolute atomic E-state index is 0.431. The van der Waals surface area contributed by atoms with E-state index in [4.69, 9.17) is 0 Å². The van der Waals surface area contributed by atoms with Crippen molar-refractivity contribution in [1.29, 1.82) is 0 Å². The number of carbonyl (C=O) groups is 1. The van der Waals surface area contributed by atoms with Gasteiger partial charge in [-0.2, -0.15) is 0 Å². The van der Waals surface area contributed by atoms with Crippen LogP contribution in [0.5, 0.6) is 0 Å². The molecule has 0 aromatic carbocycles. The fourth-order valence-electron chi connectivity index (χ4n) is 2.58. The van der Waals surface area contributed by atoms with Crippen molar-refractivity contribution < 1.29 is 9.90 Å². The number of carboxylic acids is 1. The van der Waals surface area contributed by atoms with Crippen molar-refractivity contribution in [1.82, 2.24) is 9.97 Å². The van der Waals surface area contributed by atoms with E-state index in [1.165, 1.54) is 19.3 Å². The maximum atomic E-state index is 11.3. The van der Waals surface area contributed by atoms with Crippen molar-refractivity contribution in [3.8, 4) is 0 Å². The summed E-state index contributed by atoms with van der Waals surface area (Å²) in [6.07, 6.45) is 6.09. The summed E-state index contributed by atoms with van der Waals surface area (Å²) in [7, 11) is 0. The van der Waals surface area contributed by atoms with Gasteiger partial charge in [0.05, 0.1) is 0 Å². The Bertz CT molecular complexity index is 477. The highest BCUT2D eigenvalue weighted by molar-refractivity contribution is 5.78. The predicted molar refractivity (Wildman–Crippen MR) is 73.3 cm³/mol. The van der Waals surface area contributed by atoms with Crippen LogP contribution in [0, 0.1) is 6.92 Å². The maximum Gasteiger partial charge on any atom is 0.316 e. The van der Waals surface area contributed by atoms with E-state index in [0.717, 1.165) is 24.2 Å². The van der Waals surface area contributed by atoms with E-state index in [9.17, 15) is 9.90 Å². The van der Waals surface area contributed by atoms with Gasteiger partial charge in [0.2, 0.25) is 0 Å². The average molecular weight is 262 g/mol. The Kier molecular flexibility index (Phi) is 3.88. The van der Waals surface area contributed by atoms with Crippen molar-refractivity contribution in [3.63, 3.8) is 0 Å². The van der Waals surface area contributed by atoms with E-state index in [0.29, 0.717) is 11.7 Å². The molecule has 1 aliphatic rings. The van der Waals surface area contributed by atoms with Crippen LogP contribution in [0.4, 0.5) is 0 Å². The van der Waals surface area contributed by atoms with Gasteiger partial charge in [-0.05, 0) is 39.7 Å². The fourth-order valence-corrected chi connectivity index (χ4v) is 2.58. The van der Waals surface area contributed by atoms with Crippen LogP contribution >= 0.6 is 0 Å². The van der Waals surface area contributed by atoms with Gasteiger partial charge in [0.1, 0.15) is 11.2 Å². The predicted octanol–water partition coefficient (Wildman–Crippen LogP) is 3.19. The summed E-state index contributed by atoms with van der Waals surface area (Å²) in [5.41, 5.74) is 0.853. The molecule has 1 aromatic rings. The zero-order valence-electron chi connectivity index (χ0n) is 11.9. The zero-order valence-corrected chi connectivity index (χ0v) is 11.9. The quantitative estimate of drug-likeness (QED) is 0.908. The van der Waals surface area contributed by atoms with Crippen LogP contribution in [0.2, 0.25) is 0 Å². The van der Waals surface area contributed by atoms with Crippen LogP contribution in [0.1, 0.15) is 69.1 Å². The topological polar surface area (TPSA) is 63.1 Å². The molecule has 0 aliphatic heterocycles. The van der Waals surface area contributed by atoms with Crippen LogP contribution in [0.3, 0.4) is 0 Å². The molecule has 0 radical (unpaired) electrons. The lowest BCUT2D eigenvalue weighted by Gasteiger charge is -2.24. The third-order valence-electron chi connectivity index (χ3n) is 3.99. The molecule has 4 nitrogen and oxygen atoms in total. The number of hydrogen-bond donors (Lipinski definition) is 1. The third kappa shape index (κ3) is 2.94. The van der Waals surface area contributed by atoms with Crippen molar-refractivity contribution >= 4 is 5.97 Å². The molecule has 2 rings (SSSR count). The van der Waals surface area contributed by atoms with Crippen LogP contribution in [-0.4, -0.2) is 21.0 Å². The Hall–Kier alpha value is -1.45. The normalized spacial score (nSPS) is 17.4. The molecular formula is C15H22N2O2. The smallest absolute Gasteiger partial charge is 0.316 e. The average Bonchev–Trinajstić information content (AvgIpc) is 2.39. The highest BCUT2D eigenvalue weighted by atomic mass is 16.4. The highest BCUT2D eigenvalue weighted by Crippen LogP contribution is 2.32.